The molecule has 2 amide bonds. The zero-order valence-corrected chi connectivity index (χ0v) is 33.0. The summed E-state index contributed by atoms with van der Waals surface area (Å²) in [4.78, 5) is 26.7. The lowest BCUT2D eigenvalue weighted by atomic mass is 9.85. The van der Waals surface area contributed by atoms with E-state index in [1.54, 1.807) is 10.7 Å². The fourth-order valence-electron chi connectivity index (χ4n) is 7.92. The number of benzene rings is 2. The normalized spacial score (nSPS) is 19.9. The second-order valence-electron chi connectivity index (χ2n) is 16.0. The van der Waals surface area contributed by atoms with Gasteiger partial charge in [0.05, 0.1) is 36.8 Å². The molecule has 3 atom stereocenters. The van der Waals surface area contributed by atoms with Gasteiger partial charge in [0, 0.05) is 43.7 Å². The largest absolute Gasteiger partial charge is 0.484 e. The van der Waals surface area contributed by atoms with E-state index in [2.05, 4.69) is 70.5 Å². The number of morpholine rings is 1. The van der Waals surface area contributed by atoms with Crippen LogP contribution in [-0.2, 0) is 21.5 Å². The number of nitrogens with zero attached hydrogens (tertiary/aromatic N) is 7. The molecule has 1 aliphatic carbocycles. The maximum absolute atomic E-state index is 15.1. The van der Waals surface area contributed by atoms with Crippen molar-refractivity contribution in [3.63, 3.8) is 0 Å². The molecule has 2 fully saturated rings. The molecule has 5 heterocycles. The summed E-state index contributed by atoms with van der Waals surface area (Å²) in [7, 11) is 0. The Morgan fingerprint density at radius 1 is 1.00 bits per heavy atom. The van der Waals surface area contributed by atoms with Gasteiger partial charge in [-0.2, -0.15) is 5.10 Å². The summed E-state index contributed by atoms with van der Waals surface area (Å²) in [6.07, 6.45) is 6.71. The van der Waals surface area contributed by atoms with E-state index in [-0.39, 0.29) is 35.9 Å². The highest BCUT2D eigenvalue weighted by Crippen LogP contribution is 2.39. The van der Waals surface area contributed by atoms with E-state index in [0.29, 0.717) is 50.1 Å². The van der Waals surface area contributed by atoms with Crippen LogP contribution in [0.5, 0.6) is 5.75 Å². The summed E-state index contributed by atoms with van der Waals surface area (Å²) in [5.74, 6) is 1.70. The second kappa shape index (κ2) is 17.3. The molecule has 3 aliphatic rings. The molecule has 2 saturated heterocycles. The summed E-state index contributed by atoms with van der Waals surface area (Å²) in [6, 6.07) is 18.7. The van der Waals surface area contributed by atoms with Crippen LogP contribution in [0.15, 0.2) is 66.9 Å². The highest BCUT2D eigenvalue weighted by molar-refractivity contribution is 5.89. The quantitative estimate of drug-likeness (QED) is 0.140. The maximum atomic E-state index is 15.1. The minimum atomic E-state index is -0.363. The molecule has 0 bridgehead atoms. The van der Waals surface area contributed by atoms with E-state index in [0.717, 1.165) is 72.2 Å². The fraction of sp³-hybridized carbons (Fsp3) is 0.452. The summed E-state index contributed by atoms with van der Waals surface area (Å²) in [5, 5.41) is 27.0. The number of fused-ring (bicyclic) bond motifs is 2. The van der Waals surface area contributed by atoms with Crippen molar-refractivity contribution in [2.24, 2.45) is 0 Å². The van der Waals surface area contributed by atoms with Crippen molar-refractivity contribution in [3.05, 3.63) is 95.1 Å². The lowest BCUT2D eigenvalue weighted by Crippen LogP contribution is -2.38. The summed E-state index contributed by atoms with van der Waals surface area (Å²) >= 11 is 0. The zero-order chi connectivity index (χ0) is 40.1. The van der Waals surface area contributed by atoms with Gasteiger partial charge in [0.1, 0.15) is 23.5 Å². The minimum absolute atomic E-state index is 0.191. The molecule has 15 heteroatoms. The first-order valence-corrected chi connectivity index (χ1v) is 19.7. The van der Waals surface area contributed by atoms with Gasteiger partial charge in [-0.1, -0.05) is 45.0 Å². The Balaban J connectivity index is 0.00000160. The molecular formula is C42H52FN9O5. The molecule has 57 heavy (non-hydrogen) atoms. The van der Waals surface area contributed by atoms with Crippen LogP contribution in [0.4, 0.5) is 21.0 Å². The number of urea groups is 1. The molecule has 8 rings (SSSR count). The van der Waals surface area contributed by atoms with Gasteiger partial charge in [-0.25, -0.2) is 13.9 Å². The summed E-state index contributed by atoms with van der Waals surface area (Å²) in [5.41, 5.74) is 4.71. The highest BCUT2D eigenvalue weighted by atomic mass is 19.1. The van der Waals surface area contributed by atoms with E-state index >= 15 is 4.39 Å². The number of piperidine rings is 1. The third kappa shape index (κ3) is 9.21. The third-order valence-corrected chi connectivity index (χ3v) is 10.9. The first kappa shape index (κ1) is 39.7. The number of hydrogen-bond donors (Lipinski definition) is 3. The number of hydrogen-bond acceptors (Lipinski definition) is 9. The average molecular weight is 782 g/mol. The maximum Gasteiger partial charge on any atom is 0.320 e. The third-order valence-electron chi connectivity index (χ3n) is 10.9. The Bertz CT molecular complexity index is 2180. The van der Waals surface area contributed by atoms with Crippen molar-refractivity contribution in [1.29, 1.82) is 0 Å². The number of carboxylic acid groups (broad SMARTS) is 1. The number of halogens is 1. The Kier molecular flexibility index (Phi) is 12.0. The zero-order valence-electron chi connectivity index (χ0n) is 33.0. The first-order valence-electron chi connectivity index (χ1n) is 19.7. The highest BCUT2D eigenvalue weighted by Gasteiger charge is 2.31. The van der Waals surface area contributed by atoms with Gasteiger partial charge in [-0.15, -0.1) is 10.2 Å². The van der Waals surface area contributed by atoms with Gasteiger partial charge in [0.25, 0.3) is 6.47 Å². The van der Waals surface area contributed by atoms with Crippen molar-refractivity contribution in [3.8, 4) is 11.4 Å². The number of carbonyl (C=O) groups excluding carboxylic acids is 1. The Hall–Kier alpha value is -5.54. The van der Waals surface area contributed by atoms with Crippen LogP contribution < -0.4 is 20.3 Å². The van der Waals surface area contributed by atoms with Crippen LogP contribution >= 0.6 is 0 Å². The second-order valence-corrected chi connectivity index (χ2v) is 16.0. The first-order chi connectivity index (χ1) is 27.5. The number of anilines is 2. The van der Waals surface area contributed by atoms with Crippen molar-refractivity contribution in [2.75, 3.05) is 43.1 Å². The van der Waals surface area contributed by atoms with Gasteiger partial charge < -0.3 is 24.8 Å². The van der Waals surface area contributed by atoms with Crippen molar-refractivity contribution in [2.45, 2.75) is 89.9 Å². The molecule has 1 unspecified atom stereocenters. The Morgan fingerprint density at radius 2 is 1.77 bits per heavy atom. The molecule has 5 aromatic rings. The number of rotatable bonds is 8. The number of nitrogens with one attached hydrogen (secondary N) is 2. The molecule has 2 aliphatic heterocycles. The number of carbonyl (C=O) groups is 2. The fourth-order valence-corrected chi connectivity index (χ4v) is 7.92. The lowest BCUT2D eigenvalue weighted by Gasteiger charge is -2.33. The molecule has 3 aromatic heterocycles. The van der Waals surface area contributed by atoms with Crippen LogP contribution in [0, 0.1) is 5.82 Å². The van der Waals surface area contributed by atoms with E-state index in [1.165, 1.54) is 12.5 Å². The predicted molar refractivity (Wildman–Crippen MR) is 215 cm³/mol. The van der Waals surface area contributed by atoms with E-state index in [4.69, 9.17) is 24.5 Å². The van der Waals surface area contributed by atoms with E-state index in [1.807, 2.05) is 47.0 Å². The topological polar surface area (TPSA) is 151 Å². The standard InChI is InChI=1S/C41H50FN9O3.CH2O2/c1-27-9-7-8-16-49(27)40-46-45-37-15-12-31(26-50(37)40)54-35-14-13-34(32-10-5-6-11-33(32)35)43-39(52)44-38-24-36(41(2,3)4)47-51(38)30-22-28(21-29(42)23-30)25-48-17-19-53-20-18-48;2-1-3/h5-6,10-12,15,21-24,26-27,34-35H,7-9,13-14,16-20,25H2,1-4H3,(H2,43,44,52);1H,(H,2,3)/t27?,34-,35+;/m0./s1. The molecule has 0 radical (unpaired) electrons. The molecule has 302 valence electrons. The van der Waals surface area contributed by atoms with Crippen molar-refractivity contribution in [1.82, 2.24) is 34.6 Å². The molecular weight excluding hydrogens is 730 g/mol. The van der Waals surface area contributed by atoms with Crippen LogP contribution in [0.3, 0.4) is 0 Å². The lowest BCUT2D eigenvalue weighted by molar-refractivity contribution is -0.122. The minimum Gasteiger partial charge on any atom is -0.484 e. The smallest absolute Gasteiger partial charge is 0.320 e. The van der Waals surface area contributed by atoms with Gasteiger partial charge in [-0.3, -0.25) is 19.4 Å². The number of ether oxygens (including phenoxy) is 2. The summed E-state index contributed by atoms with van der Waals surface area (Å²) in [6.45, 7) is 12.7. The van der Waals surface area contributed by atoms with Gasteiger partial charge in [0.15, 0.2) is 5.65 Å². The Labute approximate surface area is 332 Å². The van der Waals surface area contributed by atoms with Crippen LogP contribution in [0.25, 0.3) is 11.3 Å². The molecule has 3 N–H and O–H groups in total. The summed E-state index contributed by atoms with van der Waals surface area (Å²) < 4.78 is 30.9. The number of aromatic nitrogens is 5. The van der Waals surface area contributed by atoms with Crippen LogP contribution in [0.2, 0.25) is 0 Å². The van der Waals surface area contributed by atoms with Crippen LogP contribution in [-0.4, -0.2) is 85.8 Å². The molecule has 0 saturated carbocycles. The molecule has 14 nitrogen and oxygen atoms in total. The van der Waals surface area contributed by atoms with Gasteiger partial charge >= 0.3 is 6.03 Å². The van der Waals surface area contributed by atoms with Gasteiger partial charge in [-0.05, 0) is 86.1 Å². The van der Waals surface area contributed by atoms with Gasteiger partial charge in [0.2, 0.25) is 5.95 Å². The number of pyridine rings is 1. The SMILES string of the molecule is CC1CCCCN1c1nnc2ccc(O[C@@H]3CC[C@H](NC(=O)Nc4cc(C(C)(C)C)nn4-c4cc(F)cc(CN5CCOCC5)c4)c4ccccc43)cn12.O=CO. The Morgan fingerprint density at radius 3 is 2.53 bits per heavy atom. The van der Waals surface area contributed by atoms with Crippen molar-refractivity contribution >= 4 is 29.9 Å². The molecule has 0 spiro atoms. The van der Waals surface area contributed by atoms with Crippen molar-refractivity contribution < 1.29 is 28.6 Å². The van der Waals surface area contributed by atoms with E-state index < -0.39 is 0 Å². The average Bonchev–Trinajstić information content (AvgIpc) is 3.81. The number of amides is 2. The monoisotopic (exact) mass is 781 g/mol. The predicted octanol–water partition coefficient (Wildman–Crippen LogP) is 7.04. The van der Waals surface area contributed by atoms with Crippen LogP contribution in [0.1, 0.15) is 94.3 Å². The van der Waals surface area contributed by atoms with E-state index in [9.17, 15) is 4.79 Å². The molecule has 2 aromatic carbocycles.